The molecule has 0 aliphatic carbocycles. The van der Waals surface area contributed by atoms with Gasteiger partial charge in [0.1, 0.15) is 0 Å². The number of hydrogen-bond acceptors (Lipinski definition) is 3. The first-order valence-corrected chi connectivity index (χ1v) is 6.75. The highest BCUT2D eigenvalue weighted by molar-refractivity contribution is 7.84. The molecular formula is C10H24N2OS. The quantitative estimate of drug-likeness (QED) is 0.622. The lowest BCUT2D eigenvalue weighted by Gasteiger charge is -2.20. The molecule has 0 rings (SSSR count). The molecule has 14 heavy (non-hydrogen) atoms. The predicted octanol–water partition coefficient (Wildman–Crippen LogP) is 0.733. The van der Waals surface area contributed by atoms with Gasteiger partial charge in [0.05, 0.1) is 0 Å². The van der Waals surface area contributed by atoms with Crippen molar-refractivity contribution in [3.05, 3.63) is 0 Å². The summed E-state index contributed by atoms with van der Waals surface area (Å²) in [4.78, 5) is 0. The van der Waals surface area contributed by atoms with Crippen LogP contribution in [0.5, 0.6) is 0 Å². The predicted molar refractivity (Wildman–Crippen MR) is 64.2 cm³/mol. The van der Waals surface area contributed by atoms with Crippen molar-refractivity contribution in [2.24, 2.45) is 0 Å². The van der Waals surface area contributed by atoms with Crippen molar-refractivity contribution in [2.45, 2.75) is 33.2 Å². The molecule has 0 aliphatic heterocycles. The molecule has 0 saturated carbocycles. The molecule has 1 atom stereocenters. The fraction of sp³-hybridized carbons (Fsp3) is 1.00. The van der Waals surface area contributed by atoms with Gasteiger partial charge in [0, 0.05) is 47.5 Å². The zero-order valence-electron chi connectivity index (χ0n) is 9.85. The van der Waals surface area contributed by atoms with Gasteiger partial charge in [0.2, 0.25) is 0 Å². The van der Waals surface area contributed by atoms with Gasteiger partial charge in [-0.15, -0.1) is 0 Å². The van der Waals surface area contributed by atoms with Gasteiger partial charge in [-0.1, -0.05) is 6.92 Å². The lowest BCUT2D eigenvalue weighted by molar-refractivity contribution is 0.423. The maximum absolute atomic E-state index is 11.1. The summed E-state index contributed by atoms with van der Waals surface area (Å²) in [6.45, 7) is 11.2. The molecule has 0 heterocycles. The fourth-order valence-corrected chi connectivity index (χ4v) is 1.64. The molecule has 0 amide bonds. The van der Waals surface area contributed by atoms with Crippen LogP contribution in [-0.2, 0) is 10.8 Å². The van der Waals surface area contributed by atoms with E-state index in [4.69, 9.17) is 0 Å². The Kier molecular flexibility index (Phi) is 7.41. The second-order valence-corrected chi connectivity index (χ2v) is 6.22. The topological polar surface area (TPSA) is 41.1 Å². The van der Waals surface area contributed by atoms with E-state index in [2.05, 4.69) is 31.4 Å². The van der Waals surface area contributed by atoms with Crippen molar-refractivity contribution in [2.75, 3.05) is 31.1 Å². The van der Waals surface area contributed by atoms with Gasteiger partial charge in [0.25, 0.3) is 0 Å². The Morgan fingerprint density at radius 3 is 2.29 bits per heavy atom. The summed E-state index contributed by atoms with van der Waals surface area (Å²) in [6.07, 6.45) is 0. The molecule has 1 unspecified atom stereocenters. The monoisotopic (exact) mass is 220 g/mol. The van der Waals surface area contributed by atoms with Gasteiger partial charge in [-0.05, 0) is 20.8 Å². The Bertz CT molecular complexity index is 166. The second-order valence-electron chi connectivity index (χ2n) is 4.36. The van der Waals surface area contributed by atoms with Crippen LogP contribution in [0.1, 0.15) is 27.7 Å². The van der Waals surface area contributed by atoms with E-state index >= 15 is 0 Å². The van der Waals surface area contributed by atoms with E-state index in [0.29, 0.717) is 0 Å². The van der Waals surface area contributed by atoms with E-state index in [0.717, 1.165) is 31.1 Å². The van der Waals surface area contributed by atoms with Crippen LogP contribution in [0.3, 0.4) is 0 Å². The van der Waals surface area contributed by atoms with Gasteiger partial charge in [-0.3, -0.25) is 4.21 Å². The van der Waals surface area contributed by atoms with Crippen molar-refractivity contribution >= 4 is 10.8 Å². The molecule has 4 heteroatoms. The van der Waals surface area contributed by atoms with Gasteiger partial charge in [-0.25, -0.2) is 0 Å². The van der Waals surface area contributed by atoms with Crippen LogP contribution in [0.2, 0.25) is 0 Å². The van der Waals surface area contributed by atoms with E-state index < -0.39 is 10.8 Å². The molecule has 3 nitrogen and oxygen atoms in total. The third-order valence-electron chi connectivity index (χ3n) is 1.79. The first-order valence-electron chi connectivity index (χ1n) is 5.26. The minimum absolute atomic E-state index is 0.188. The van der Waals surface area contributed by atoms with E-state index in [-0.39, 0.29) is 5.54 Å². The smallest absolute Gasteiger partial charge is 0.0359 e. The molecule has 0 bridgehead atoms. The van der Waals surface area contributed by atoms with Crippen molar-refractivity contribution in [1.29, 1.82) is 0 Å². The van der Waals surface area contributed by atoms with Crippen LogP contribution in [0.25, 0.3) is 0 Å². The molecule has 2 N–H and O–H groups in total. The van der Waals surface area contributed by atoms with Crippen LogP contribution < -0.4 is 10.6 Å². The highest BCUT2D eigenvalue weighted by atomic mass is 32.2. The van der Waals surface area contributed by atoms with E-state index in [1.165, 1.54) is 0 Å². The zero-order valence-corrected chi connectivity index (χ0v) is 10.7. The highest BCUT2D eigenvalue weighted by Gasteiger charge is 2.06. The van der Waals surface area contributed by atoms with Gasteiger partial charge >= 0.3 is 0 Å². The Morgan fingerprint density at radius 1 is 1.14 bits per heavy atom. The second kappa shape index (κ2) is 7.37. The molecule has 0 radical (unpaired) electrons. The first-order chi connectivity index (χ1) is 6.45. The summed E-state index contributed by atoms with van der Waals surface area (Å²) in [5, 5.41) is 6.65. The van der Waals surface area contributed by atoms with Crippen LogP contribution in [0.4, 0.5) is 0 Å². The normalized spacial score (nSPS) is 14.3. The Hall–Kier alpha value is 0.0700. The number of rotatable bonds is 7. The lowest BCUT2D eigenvalue weighted by atomic mass is 10.1. The summed E-state index contributed by atoms with van der Waals surface area (Å²) in [6, 6.07) is 0. The Balaban J connectivity index is 3.18. The van der Waals surface area contributed by atoms with E-state index in [9.17, 15) is 4.21 Å². The molecule has 0 aromatic heterocycles. The molecular weight excluding hydrogens is 196 g/mol. The largest absolute Gasteiger partial charge is 0.315 e. The average Bonchev–Trinajstić information content (AvgIpc) is 2.08. The molecule has 0 fully saturated rings. The van der Waals surface area contributed by atoms with Crippen molar-refractivity contribution in [3.63, 3.8) is 0 Å². The summed E-state index contributed by atoms with van der Waals surface area (Å²) in [7, 11) is -0.632. The maximum Gasteiger partial charge on any atom is 0.0359 e. The SMILES string of the molecule is CCS(=O)CCNCCNC(C)(C)C. The highest BCUT2D eigenvalue weighted by Crippen LogP contribution is 1.96. The van der Waals surface area contributed by atoms with Crippen LogP contribution >= 0.6 is 0 Å². The molecule has 0 saturated heterocycles. The van der Waals surface area contributed by atoms with Gasteiger partial charge in [-0.2, -0.15) is 0 Å². The fourth-order valence-electron chi connectivity index (χ4n) is 0.981. The van der Waals surface area contributed by atoms with Crippen LogP contribution in [-0.4, -0.2) is 40.9 Å². The first kappa shape index (κ1) is 14.1. The van der Waals surface area contributed by atoms with Crippen molar-refractivity contribution < 1.29 is 4.21 Å². The van der Waals surface area contributed by atoms with Crippen molar-refractivity contribution in [3.8, 4) is 0 Å². The third-order valence-corrected chi connectivity index (χ3v) is 3.09. The minimum Gasteiger partial charge on any atom is -0.315 e. The molecule has 0 spiro atoms. The van der Waals surface area contributed by atoms with Crippen molar-refractivity contribution in [1.82, 2.24) is 10.6 Å². The van der Waals surface area contributed by atoms with Gasteiger partial charge in [0.15, 0.2) is 0 Å². The summed E-state index contributed by atoms with van der Waals surface area (Å²) in [5.74, 6) is 1.54. The minimum atomic E-state index is -0.632. The lowest BCUT2D eigenvalue weighted by Crippen LogP contribution is -2.40. The maximum atomic E-state index is 11.1. The van der Waals surface area contributed by atoms with Crippen LogP contribution in [0, 0.1) is 0 Å². The molecule has 0 aromatic carbocycles. The number of hydrogen-bond donors (Lipinski definition) is 2. The third kappa shape index (κ3) is 10.2. The Labute approximate surface area is 90.5 Å². The average molecular weight is 220 g/mol. The summed E-state index contributed by atoms with van der Waals surface area (Å²) in [5.41, 5.74) is 0.188. The molecule has 0 aromatic rings. The Morgan fingerprint density at radius 2 is 1.79 bits per heavy atom. The molecule has 0 aliphatic rings. The zero-order chi connectivity index (χ0) is 11.0. The standard InChI is InChI=1S/C10H24N2OS/c1-5-14(13)9-8-11-6-7-12-10(2,3)4/h11-12H,5-9H2,1-4H3. The van der Waals surface area contributed by atoms with E-state index in [1.807, 2.05) is 6.92 Å². The molecule has 86 valence electrons. The van der Waals surface area contributed by atoms with Crippen LogP contribution in [0.15, 0.2) is 0 Å². The summed E-state index contributed by atoms with van der Waals surface area (Å²) < 4.78 is 11.1. The van der Waals surface area contributed by atoms with E-state index in [1.54, 1.807) is 0 Å². The van der Waals surface area contributed by atoms with Gasteiger partial charge < -0.3 is 10.6 Å². The number of nitrogens with one attached hydrogen (secondary N) is 2. The summed E-state index contributed by atoms with van der Waals surface area (Å²) >= 11 is 0.